The van der Waals surface area contributed by atoms with E-state index >= 15 is 0 Å². The maximum absolute atomic E-state index is 14.1. The summed E-state index contributed by atoms with van der Waals surface area (Å²) in [4.78, 5) is 42.2. The Hall–Kier alpha value is -2.53. The summed E-state index contributed by atoms with van der Waals surface area (Å²) >= 11 is 0. The number of hydrogen-bond acceptors (Lipinski definition) is 5. The summed E-state index contributed by atoms with van der Waals surface area (Å²) in [5.41, 5.74) is 0.712. The number of rotatable bonds is 9. The van der Waals surface area contributed by atoms with Crippen LogP contribution in [-0.4, -0.2) is 72.8 Å². The second-order valence-corrected chi connectivity index (χ2v) is 13.3. The van der Waals surface area contributed by atoms with Gasteiger partial charge in [-0.05, 0) is 49.3 Å². The van der Waals surface area contributed by atoms with E-state index in [-0.39, 0.29) is 48.5 Å². The number of nitrogens with one attached hydrogen (secondary N) is 2. The van der Waals surface area contributed by atoms with Crippen molar-refractivity contribution in [3.05, 3.63) is 35.6 Å². The highest BCUT2D eigenvalue weighted by Gasteiger charge is 2.56. The number of benzene rings is 1. The van der Waals surface area contributed by atoms with E-state index in [1.807, 2.05) is 13.8 Å². The molecule has 3 aliphatic rings. The molecular formula is C28H41FN4O5S. The van der Waals surface area contributed by atoms with Gasteiger partial charge in [0, 0.05) is 31.6 Å². The van der Waals surface area contributed by atoms with Crippen molar-refractivity contribution in [1.82, 2.24) is 19.8 Å². The third-order valence-corrected chi connectivity index (χ3v) is 10.0. The molecule has 216 valence electrons. The highest BCUT2D eigenvalue weighted by atomic mass is 32.2. The molecule has 5 atom stereocenters. The van der Waals surface area contributed by atoms with Gasteiger partial charge in [-0.3, -0.25) is 14.4 Å². The molecule has 2 saturated heterocycles. The van der Waals surface area contributed by atoms with Crippen LogP contribution in [0.25, 0.3) is 0 Å². The van der Waals surface area contributed by atoms with Crippen LogP contribution in [0.1, 0.15) is 64.4 Å². The van der Waals surface area contributed by atoms with Crippen LogP contribution in [0, 0.1) is 23.6 Å². The maximum atomic E-state index is 14.1. The lowest BCUT2D eigenvalue weighted by atomic mass is 9.82. The third kappa shape index (κ3) is 6.62. The number of carbonyl (C=O) groups excluding carboxylic acids is 3. The zero-order valence-corrected chi connectivity index (χ0v) is 23.9. The van der Waals surface area contributed by atoms with Gasteiger partial charge in [0.1, 0.15) is 11.9 Å². The van der Waals surface area contributed by atoms with Gasteiger partial charge in [-0.1, -0.05) is 45.2 Å². The summed E-state index contributed by atoms with van der Waals surface area (Å²) in [5.74, 6) is -2.08. The van der Waals surface area contributed by atoms with Crippen LogP contribution < -0.4 is 10.6 Å². The molecule has 0 unspecified atom stereocenters. The number of fused-ring (bicyclic) bond motifs is 1. The third-order valence-electron chi connectivity index (χ3n) is 8.75. The van der Waals surface area contributed by atoms with E-state index in [9.17, 15) is 27.2 Å². The van der Waals surface area contributed by atoms with Crippen molar-refractivity contribution in [2.24, 2.45) is 17.8 Å². The fourth-order valence-corrected chi connectivity index (χ4v) is 7.50. The SMILES string of the molecule is CC[C@@H](C)C(=O)N[C@H](C(=O)N1CC[C@@H]2[C@H]1[C@@H](C(=O)NCc1ccc(F)cc1)CN2S(C)(=O)=O)C1CCCCC1. The van der Waals surface area contributed by atoms with Gasteiger partial charge in [0.2, 0.25) is 27.7 Å². The number of halogens is 1. The van der Waals surface area contributed by atoms with Crippen molar-refractivity contribution in [2.75, 3.05) is 19.3 Å². The predicted molar refractivity (Wildman–Crippen MR) is 145 cm³/mol. The molecule has 3 fully saturated rings. The van der Waals surface area contributed by atoms with Gasteiger partial charge in [-0.2, -0.15) is 4.31 Å². The Bertz CT molecular complexity index is 1150. The Morgan fingerprint density at radius 2 is 1.74 bits per heavy atom. The molecule has 0 bridgehead atoms. The Kier molecular flexibility index (Phi) is 9.31. The summed E-state index contributed by atoms with van der Waals surface area (Å²) in [5, 5.41) is 5.90. The van der Waals surface area contributed by atoms with Crippen molar-refractivity contribution >= 4 is 27.7 Å². The largest absolute Gasteiger partial charge is 0.352 e. The summed E-state index contributed by atoms with van der Waals surface area (Å²) < 4.78 is 40.0. The fraction of sp³-hybridized carbons (Fsp3) is 0.679. The highest BCUT2D eigenvalue weighted by Crippen LogP contribution is 2.39. The first-order chi connectivity index (χ1) is 18.5. The molecule has 0 radical (unpaired) electrons. The van der Waals surface area contributed by atoms with Crippen molar-refractivity contribution < 1.29 is 27.2 Å². The molecule has 0 spiro atoms. The first-order valence-corrected chi connectivity index (χ1v) is 16.0. The Labute approximate surface area is 230 Å². The van der Waals surface area contributed by atoms with Crippen molar-refractivity contribution in [2.45, 2.75) is 83.5 Å². The van der Waals surface area contributed by atoms with Gasteiger partial charge in [0.05, 0.1) is 18.2 Å². The van der Waals surface area contributed by atoms with Gasteiger partial charge in [-0.25, -0.2) is 12.8 Å². The molecule has 1 aromatic carbocycles. The molecule has 4 rings (SSSR count). The van der Waals surface area contributed by atoms with Crippen LogP contribution >= 0.6 is 0 Å². The van der Waals surface area contributed by atoms with Crippen molar-refractivity contribution in [1.29, 1.82) is 0 Å². The first-order valence-electron chi connectivity index (χ1n) is 14.1. The topological polar surface area (TPSA) is 116 Å². The molecule has 39 heavy (non-hydrogen) atoms. The summed E-state index contributed by atoms with van der Waals surface area (Å²) in [6.07, 6.45) is 7.00. The van der Waals surface area contributed by atoms with Crippen LogP contribution in [0.5, 0.6) is 0 Å². The minimum absolute atomic E-state index is 0.0106. The molecule has 2 N–H and O–H groups in total. The van der Waals surface area contributed by atoms with Gasteiger partial charge in [-0.15, -0.1) is 0 Å². The van der Waals surface area contributed by atoms with Gasteiger partial charge >= 0.3 is 0 Å². The standard InChI is InChI=1S/C28H41FN4O5S/c1-4-18(2)26(34)31-24(20-8-6-5-7-9-20)28(36)32-15-14-23-25(32)22(17-33(23)39(3,37)38)27(35)30-16-19-10-12-21(29)13-11-19/h10-13,18,20,22-25H,4-9,14-17H2,1-3H3,(H,30,35)(H,31,34)/t18-,22+,23-,24+,25-/m1/s1. The first kappa shape index (κ1) is 29.5. The molecule has 3 amide bonds. The Morgan fingerprint density at radius 1 is 1.08 bits per heavy atom. The smallest absolute Gasteiger partial charge is 0.245 e. The number of hydrogen-bond donors (Lipinski definition) is 2. The maximum Gasteiger partial charge on any atom is 0.245 e. The lowest BCUT2D eigenvalue weighted by Gasteiger charge is -2.36. The number of likely N-dealkylation sites (tertiary alicyclic amines) is 1. The molecule has 11 heteroatoms. The zero-order chi connectivity index (χ0) is 28.3. The summed E-state index contributed by atoms with van der Waals surface area (Å²) in [6, 6.07) is 3.98. The van der Waals surface area contributed by atoms with Gasteiger partial charge < -0.3 is 15.5 Å². The molecule has 1 aromatic rings. The second-order valence-electron chi connectivity index (χ2n) is 11.4. The van der Waals surface area contributed by atoms with E-state index in [4.69, 9.17) is 0 Å². The van der Waals surface area contributed by atoms with Crippen molar-refractivity contribution in [3.63, 3.8) is 0 Å². The van der Waals surface area contributed by atoms with Crippen LogP contribution in [0.3, 0.4) is 0 Å². The normalized spacial score (nSPS) is 25.6. The molecule has 1 saturated carbocycles. The van der Waals surface area contributed by atoms with E-state index in [1.54, 1.807) is 17.0 Å². The molecule has 1 aliphatic carbocycles. The average Bonchev–Trinajstić information content (AvgIpc) is 3.51. The monoisotopic (exact) mass is 564 g/mol. The number of carbonyl (C=O) groups is 3. The summed E-state index contributed by atoms with van der Waals surface area (Å²) in [7, 11) is -3.61. The molecule has 0 aromatic heterocycles. The highest BCUT2D eigenvalue weighted by molar-refractivity contribution is 7.88. The second kappa shape index (κ2) is 12.3. The molecule has 2 heterocycles. The summed E-state index contributed by atoms with van der Waals surface area (Å²) in [6.45, 7) is 4.24. The van der Waals surface area contributed by atoms with E-state index in [0.29, 0.717) is 24.9 Å². The van der Waals surface area contributed by atoms with E-state index < -0.39 is 34.1 Å². The molecular weight excluding hydrogens is 523 g/mol. The minimum atomic E-state index is -3.61. The predicted octanol–water partition coefficient (Wildman–Crippen LogP) is 2.41. The number of sulfonamides is 1. The molecule has 2 aliphatic heterocycles. The Balaban J connectivity index is 1.58. The van der Waals surface area contributed by atoms with E-state index in [1.165, 1.54) is 16.4 Å². The van der Waals surface area contributed by atoms with Crippen molar-refractivity contribution in [3.8, 4) is 0 Å². The average molecular weight is 565 g/mol. The number of nitrogens with zero attached hydrogens (tertiary/aromatic N) is 2. The van der Waals surface area contributed by atoms with E-state index in [2.05, 4.69) is 10.6 Å². The molecule has 9 nitrogen and oxygen atoms in total. The lowest BCUT2D eigenvalue weighted by molar-refractivity contribution is -0.141. The quantitative estimate of drug-likeness (QED) is 0.478. The van der Waals surface area contributed by atoms with Crippen LogP contribution in [0.15, 0.2) is 24.3 Å². The fourth-order valence-electron chi connectivity index (χ4n) is 6.34. The van der Waals surface area contributed by atoms with Crippen LogP contribution in [0.2, 0.25) is 0 Å². The zero-order valence-electron chi connectivity index (χ0n) is 23.1. The van der Waals surface area contributed by atoms with Gasteiger partial charge in [0.25, 0.3) is 0 Å². The van der Waals surface area contributed by atoms with Gasteiger partial charge in [0.15, 0.2) is 0 Å². The van der Waals surface area contributed by atoms with E-state index in [0.717, 1.165) is 38.4 Å². The Morgan fingerprint density at radius 3 is 2.36 bits per heavy atom. The van der Waals surface area contributed by atoms with Crippen LogP contribution in [0.4, 0.5) is 4.39 Å². The number of amides is 3. The minimum Gasteiger partial charge on any atom is -0.352 e. The van der Waals surface area contributed by atoms with Crippen LogP contribution in [-0.2, 0) is 31.0 Å². The lowest BCUT2D eigenvalue weighted by Crippen LogP contribution is -2.57.